The lowest BCUT2D eigenvalue weighted by atomic mass is 10.3. The zero-order valence-electron chi connectivity index (χ0n) is 13.3. The molecule has 1 saturated heterocycles. The Morgan fingerprint density at radius 2 is 1.88 bits per heavy atom. The van der Waals surface area contributed by atoms with Gasteiger partial charge in [-0.3, -0.25) is 14.9 Å². The lowest BCUT2D eigenvalue weighted by Gasteiger charge is -2.34. The van der Waals surface area contributed by atoms with Gasteiger partial charge in [-0.2, -0.15) is 16.1 Å². The lowest BCUT2D eigenvalue weighted by molar-refractivity contribution is -0.387. The second-order valence-corrected chi connectivity index (χ2v) is 8.14. The number of hydrogen-bond donors (Lipinski definition) is 0. The van der Waals surface area contributed by atoms with Crippen LogP contribution in [-0.4, -0.2) is 66.6 Å². The monoisotopic (exact) mass is 373 g/mol. The van der Waals surface area contributed by atoms with E-state index < -0.39 is 20.6 Å². The Morgan fingerprint density at radius 1 is 1.25 bits per heavy atom. The third-order valence-corrected chi connectivity index (χ3v) is 6.35. The molecule has 132 valence electrons. The van der Waals surface area contributed by atoms with Gasteiger partial charge >= 0.3 is 0 Å². The van der Waals surface area contributed by atoms with Crippen molar-refractivity contribution < 1.29 is 18.1 Å². The normalized spacial score (nSPS) is 16.1. The molecule has 1 heterocycles. The van der Waals surface area contributed by atoms with Crippen molar-refractivity contribution in [3.8, 4) is 0 Å². The number of para-hydroxylation sites is 1. The summed E-state index contributed by atoms with van der Waals surface area (Å²) in [6, 6.07) is 5.31. The number of nitro benzene ring substituents is 1. The average molecular weight is 373 g/mol. The quantitative estimate of drug-likeness (QED) is 0.548. The van der Waals surface area contributed by atoms with E-state index in [1.54, 1.807) is 16.7 Å². The smallest absolute Gasteiger partial charge is 0.289 e. The number of thioether (sulfide) groups is 1. The number of carbonyl (C=O) groups excluding carboxylic acids is 1. The number of carbonyl (C=O) groups is 1. The molecule has 1 aromatic carbocycles. The number of nitrogens with zero attached hydrogens (tertiary/aromatic N) is 3. The Hall–Kier alpha value is -1.65. The molecule has 1 aliphatic rings. The van der Waals surface area contributed by atoms with E-state index in [-0.39, 0.29) is 23.9 Å². The summed E-state index contributed by atoms with van der Waals surface area (Å²) in [5.41, 5.74) is -0.434. The van der Waals surface area contributed by atoms with Crippen LogP contribution < -0.4 is 0 Å². The molecule has 1 fully saturated rings. The maximum Gasteiger partial charge on any atom is 0.289 e. The fourth-order valence-electron chi connectivity index (χ4n) is 2.49. The standard InChI is InChI=1S/C14H19N3O5S2/c1-23-11-6-14(18)15-7-9-16(10-8-15)24(21,22)13-5-3-2-4-12(13)17(19)20/h2-5H,6-11H2,1H3. The first-order valence-electron chi connectivity index (χ1n) is 7.38. The highest BCUT2D eigenvalue weighted by Crippen LogP contribution is 2.26. The molecule has 2 rings (SSSR count). The summed E-state index contributed by atoms with van der Waals surface area (Å²) in [5.74, 6) is 0.736. The van der Waals surface area contributed by atoms with Gasteiger partial charge in [0.2, 0.25) is 15.9 Å². The molecule has 0 saturated carbocycles. The predicted molar refractivity (Wildman–Crippen MR) is 91.4 cm³/mol. The lowest BCUT2D eigenvalue weighted by Crippen LogP contribution is -2.50. The van der Waals surface area contributed by atoms with E-state index in [0.717, 1.165) is 5.75 Å². The molecule has 1 aliphatic heterocycles. The fourth-order valence-corrected chi connectivity index (χ4v) is 4.45. The minimum absolute atomic E-state index is 0.00656. The zero-order valence-corrected chi connectivity index (χ0v) is 14.9. The largest absolute Gasteiger partial charge is 0.340 e. The van der Waals surface area contributed by atoms with Crippen LogP contribution in [0.25, 0.3) is 0 Å². The Labute approximate surface area is 145 Å². The van der Waals surface area contributed by atoms with Gasteiger partial charge in [0.15, 0.2) is 4.90 Å². The van der Waals surface area contributed by atoms with Gasteiger partial charge in [0, 0.05) is 44.4 Å². The van der Waals surface area contributed by atoms with E-state index in [2.05, 4.69) is 0 Å². The third-order valence-electron chi connectivity index (χ3n) is 3.79. The molecule has 10 heteroatoms. The van der Waals surface area contributed by atoms with E-state index in [9.17, 15) is 23.3 Å². The summed E-state index contributed by atoms with van der Waals surface area (Å²) in [6.45, 7) is 0.874. The molecular formula is C14H19N3O5S2. The third kappa shape index (κ3) is 4.05. The number of amides is 1. The Bertz CT molecular complexity index is 715. The Balaban J connectivity index is 2.11. The maximum atomic E-state index is 12.7. The second kappa shape index (κ2) is 7.95. The van der Waals surface area contributed by atoms with Crippen molar-refractivity contribution in [1.82, 2.24) is 9.21 Å². The molecule has 0 N–H and O–H groups in total. The van der Waals surface area contributed by atoms with Crippen LogP contribution in [0.3, 0.4) is 0 Å². The second-order valence-electron chi connectivity index (χ2n) is 5.25. The number of piperazine rings is 1. The van der Waals surface area contributed by atoms with Crippen LogP contribution in [0, 0.1) is 10.1 Å². The average Bonchev–Trinajstić information content (AvgIpc) is 2.59. The molecule has 0 aliphatic carbocycles. The number of benzene rings is 1. The summed E-state index contributed by atoms with van der Waals surface area (Å²) < 4.78 is 26.6. The number of nitro groups is 1. The first-order chi connectivity index (χ1) is 11.4. The highest BCUT2D eigenvalue weighted by Gasteiger charge is 2.34. The van der Waals surface area contributed by atoms with Crippen molar-refractivity contribution in [3.63, 3.8) is 0 Å². The summed E-state index contributed by atoms with van der Waals surface area (Å²) in [5, 5.41) is 11.1. The van der Waals surface area contributed by atoms with Crippen molar-refractivity contribution in [3.05, 3.63) is 34.4 Å². The van der Waals surface area contributed by atoms with E-state index in [1.165, 1.54) is 28.6 Å². The van der Waals surface area contributed by atoms with Gasteiger partial charge in [0.1, 0.15) is 0 Å². The van der Waals surface area contributed by atoms with Gasteiger partial charge in [-0.05, 0) is 12.3 Å². The van der Waals surface area contributed by atoms with Gasteiger partial charge < -0.3 is 4.90 Å². The van der Waals surface area contributed by atoms with Crippen molar-refractivity contribution in [1.29, 1.82) is 0 Å². The van der Waals surface area contributed by atoms with Crippen molar-refractivity contribution in [2.45, 2.75) is 11.3 Å². The van der Waals surface area contributed by atoms with E-state index in [1.807, 2.05) is 6.26 Å². The van der Waals surface area contributed by atoms with Gasteiger partial charge in [0.05, 0.1) is 4.92 Å². The number of rotatable bonds is 6. The SMILES string of the molecule is CSCCC(=O)N1CCN(S(=O)(=O)c2ccccc2[N+](=O)[O-])CC1. The van der Waals surface area contributed by atoms with Crippen LogP contribution in [0.4, 0.5) is 5.69 Å². The molecule has 0 aromatic heterocycles. The molecule has 0 radical (unpaired) electrons. The van der Waals surface area contributed by atoms with Crippen LogP contribution in [0.2, 0.25) is 0 Å². The molecule has 0 atom stereocenters. The highest BCUT2D eigenvalue weighted by molar-refractivity contribution is 7.98. The summed E-state index contributed by atoms with van der Waals surface area (Å²) in [6.07, 6.45) is 2.35. The van der Waals surface area contributed by atoms with E-state index in [4.69, 9.17) is 0 Å². The van der Waals surface area contributed by atoms with Crippen molar-refractivity contribution in [2.75, 3.05) is 38.2 Å². The molecule has 24 heavy (non-hydrogen) atoms. The Kier molecular flexibility index (Phi) is 6.19. The number of hydrogen-bond acceptors (Lipinski definition) is 6. The van der Waals surface area contributed by atoms with Gasteiger partial charge in [0.25, 0.3) is 5.69 Å². The van der Waals surface area contributed by atoms with Crippen LogP contribution in [0.1, 0.15) is 6.42 Å². The Morgan fingerprint density at radius 3 is 2.46 bits per heavy atom. The minimum atomic E-state index is -3.95. The first-order valence-corrected chi connectivity index (χ1v) is 10.2. The molecule has 1 amide bonds. The molecule has 0 bridgehead atoms. The molecule has 0 unspecified atom stereocenters. The van der Waals surface area contributed by atoms with Crippen LogP contribution in [0.5, 0.6) is 0 Å². The van der Waals surface area contributed by atoms with Gasteiger partial charge in [-0.25, -0.2) is 8.42 Å². The zero-order chi connectivity index (χ0) is 17.7. The molecule has 1 aromatic rings. The molecule has 0 spiro atoms. The fraction of sp³-hybridized carbons (Fsp3) is 0.500. The first kappa shape index (κ1) is 18.7. The summed E-state index contributed by atoms with van der Waals surface area (Å²) in [4.78, 5) is 23.7. The summed E-state index contributed by atoms with van der Waals surface area (Å²) >= 11 is 1.58. The number of sulfonamides is 1. The predicted octanol–water partition coefficient (Wildman–Crippen LogP) is 1.18. The van der Waals surface area contributed by atoms with Crippen molar-refractivity contribution >= 4 is 33.4 Å². The summed E-state index contributed by atoms with van der Waals surface area (Å²) in [7, 11) is -3.95. The van der Waals surface area contributed by atoms with Gasteiger partial charge in [-0.15, -0.1) is 0 Å². The van der Waals surface area contributed by atoms with Crippen LogP contribution in [-0.2, 0) is 14.8 Å². The molecular weight excluding hydrogens is 354 g/mol. The van der Waals surface area contributed by atoms with Gasteiger partial charge in [-0.1, -0.05) is 12.1 Å². The maximum absolute atomic E-state index is 12.7. The topological polar surface area (TPSA) is 101 Å². The minimum Gasteiger partial charge on any atom is -0.340 e. The van der Waals surface area contributed by atoms with Crippen LogP contribution in [0.15, 0.2) is 29.2 Å². The highest BCUT2D eigenvalue weighted by atomic mass is 32.2. The van der Waals surface area contributed by atoms with E-state index in [0.29, 0.717) is 19.5 Å². The van der Waals surface area contributed by atoms with Crippen LogP contribution >= 0.6 is 11.8 Å². The molecule has 8 nitrogen and oxygen atoms in total. The van der Waals surface area contributed by atoms with E-state index >= 15 is 0 Å². The van der Waals surface area contributed by atoms with Crippen molar-refractivity contribution in [2.24, 2.45) is 0 Å².